The first kappa shape index (κ1) is 11.9. The zero-order valence-electron chi connectivity index (χ0n) is 10.8. The van der Waals surface area contributed by atoms with E-state index in [0.717, 1.165) is 32.2 Å². The standard InChI is InChI=1S/C13H24N2O/c1-10-6-4-7-11(2)15(10)12(16)13(3)8-5-9-14-13/h10-11,14H,4-9H2,1-3H3. The van der Waals surface area contributed by atoms with Crippen molar-refractivity contribution in [3.8, 4) is 0 Å². The minimum atomic E-state index is -0.292. The van der Waals surface area contributed by atoms with Crippen molar-refractivity contribution in [2.75, 3.05) is 6.54 Å². The summed E-state index contributed by atoms with van der Waals surface area (Å²) in [6.45, 7) is 7.42. The maximum Gasteiger partial charge on any atom is 0.243 e. The number of hydrogen-bond donors (Lipinski definition) is 1. The number of amides is 1. The Kier molecular flexibility index (Phi) is 3.24. The maximum atomic E-state index is 12.6. The lowest BCUT2D eigenvalue weighted by atomic mass is 9.91. The molecule has 0 bridgehead atoms. The van der Waals surface area contributed by atoms with E-state index in [4.69, 9.17) is 0 Å². The highest BCUT2D eigenvalue weighted by Crippen LogP contribution is 2.28. The Hall–Kier alpha value is -0.570. The van der Waals surface area contributed by atoms with Crippen molar-refractivity contribution in [3.05, 3.63) is 0 Å². The lowest BCUT2D eigenvalue weighted by Gasteiger charge is -2.43. The summed E-state index contributed by atoms with van der Waals surface area (Å²) in [4.78, 5) is 14.7. The number of likely N-dealkylation sites (tertiary alicyclic amines) is 1. The highest BCUT2D eigenvalue weighted by molar-refractivity contribution is 5.87. The van der Waals surface area contributed by atoms with Crippen molar-refractivity contribution in [2.24, 2.45) is 0 Å². The third-order valence-electron chi connectivity index (χ3n) is 4.27. The van der Waals surface area contributed by atoms with E-state index in [1.54, 1.807) is 0 Å². The van der Waals surface area contributed by atoms with Crippen LogP contribution in [0.15, 0.2) is 0 Å². The number of carbonyl (C=O) groups excluding carboxylic acids is 1. The predicted octanol–water partition coefficient (Wildman–Crippen LogP) is 1.92. The van der Waals surface area contributed by atoms with Crippen LogP contribution in [0.5, 0.6) is 0 Å². The quantitative estimate of drug-likeness (QED) is 0.738. The molecule has 0 aromatic carbocycles. The fraction of sp³-hybridized carbons (Fsp3) is 0.923. The first-order valence-corrected chi connectivity index (χ1v) is 6.62. The largest absolute Gasteiger partial charge is 0.336 e. The van der Waals surface area contributed by atoms with Crippen LogP contribution in [-0.2, 0) is 4.79 Å². The van der Waals surface area contributed by atoms with Crippen LogP contribution in [0.25, 0.3) is 0 Å². The van der Waals surface area contributed by atoms with Crippen LogP contribution in [0.4, 0.5) is 0 Å². The van der Waals surface area contributed by atoms with E-state index in [2.05, 4.69) is 31.0 Å². The number of carbonyl (C=O) groups is 1. The molecule has 2 saturated heterocycles. The summed E-state index contributed by atoms with van der Waals surface area (Å²) in [5.74, 6) is 0.324. The van der Waals surface area contributed by atoms with Gasteiger partial charge >= 0.3 is 0 Å². The highest BCUT2D eigenvalue weighted by atomic mass is 16.2. The smallest absolute Gasteiger partial charge is 0.243 e. The van der Waals surface area contributed by atoms with E-state index in [1.165, 1.54) is 6.42 Å². The molecule has 1 N–H and O–H groups in total. The van der Waals surface area contributed by atoms with Crippen LogP contribution in [0, 0.1) is 0 Å². The SMILES string of the molecule is CC1CCCC(C)N1C(=O)C1(C)CCCN1. The van der Waals surface area contributed by atoms with Gasteiger partial charge in [-0.05, 0) is 59.4 Å². The fourth-order valence-electron chi connectivity index (χ4n) is 3.18. The third kappa shape index (κ3) is 1.97. The Morgan fingerprint density at radius 1 is 1.25 bits per heavy atom. The van der Waals surface area contributed by atoms with Crippen molar-refractivity contribution < 1.29 is 4.79 Å². The molecule has 0 radical (unpaired) electrons. The Morgan fingerprint density at radius 3 is 2.38 bits per heavy atom. The van der Waals surface area contributed by atoms with Gasteiger partial charge in [-0.25, -0.2) is 0 Å². The molecule has 0 saturated carbocycles. The van der Waals surface area contributed by atoms with Gasteiger partial charge < -0.3 is 10.2 Å². The Bertz CT molecular complexity index is 261. The molecule has 92 valence electrons. The van der Waals surface area contributed by atoms with Crippen molar-refractivity contribution in [1.82, 2.24) is 10.2 Å². The topological polar surface area (TPSA) is 32.3 Å². The van der Waals surface area contributed by atoms with Crippen LogP contribution < -0.4 is 5.32 Å². The Balaban J connectivity index is 2.12. The summed E-state index contributed by atoms with van der Waals surface area (Å²) in [7, 11) is 0. The fourth-order valence-corrected chi connectivity index (χ4v) is 3.18. The van der Waals surface area contributed by atoms with E-state index in [1.807, 2.05) is 0 Å². The second-order valence-electron chi connectivity index (χ2n) is 5.70. The van der Waals surface area contributed by atoms with Crippen LogP contribution in [-0.4, -0.2) is 35.0 Å². The predicted molar refractivity (Wildman–Crippen MR) is 65.3 cm³/mol. The minimum absolute atomic E-state index is 0.292. The molecule has 3 unspecified atom stereocenters. The van der Waals surface area contributed by atoms with E-state index in [9.17, 15) is 4.79 Å². The first-order chi connectivity index (χ1) is 7.54. The second kappa shape index (κ2) is 4.36. The lowest BCUT2D eigenvalue weighted by molar-refractivity contribution is -0.143. The van der Waals surface area contributed by atoms with Crippen molar-refractivity contribution in [3.63, 3.8) is 0 Å². The zero-order valence-corrected chi connectivity index (χ0v) is 10.8. The first-order valence-electron chi connectivity index (χ1n) is 6.62. The minimum Gasteiger partial charge on any atom is -0.336 e. The Labute approximate surface area is 98.6 Å². The van der Waals surface area contributed by atoms with Gasteiger partial charge in [0, 0.05) is 12.1 Å². The van der Waals surface area contributed by atoms with Crippen molar-refractivity contribution in [2.45, 2.75) is 70.5 Å². The molecule has 3 atom stereocenters. The molecule has 16 heavy (non-hydrogen) atoms. The molecule has 0 spiro atoms. The highest BCUT2D eigenvalue weighted by Gasteiger charge is 2.42. The normalized spacial score (nSPS) is 40.1. The summed E-state index contributed by atoms with van der Waals surface area (Å²) < 4.78 is 0. The average Bonchev–Trinajstić information content (AvgIpc) is 2.66. The molecule has 2 aliphatic rings. The maximum absolute atomic E-state index is 12.6. The summed E-state index contributed by atoms with van der Waals surface area (Å²) in [6.07, 6.45) is 5.69. The number of hydrogen-bond acceptors (Lipinski definition) is 2. The van der Waals surface area contributed by atoms with Gasteiger partial charge in [-0.1, -0.05) is 0 Å². The number of piperidine rings is 1. The van der Waals surface area contributed by atoms with Gasteiger partial charge in [-0.15, -0.1) is 0 Å². The van der Waals surface area contributed by atoms with Gasteiger partial charge in [0.05, 0.1) is 5.54 Å². The molecule has 0 aromatic rings. The summed E-state index contributed by atoms with van der Waals surface area (Å²) in [5.41, 5.74) is -0.292. The van der Waals surface area contributed by atoms with E-state index in [-0.39, 0.29) is 5.54 Å². The van der Waals surface area contributed by atoms with Crippen molar-refractivity contribution in [1.29, 1.82) is 0 Å². The number of nitrogens with one attached hydrogen (secondary N) is 1. The third-order valence-corrected chi connectivity index (χ3v) is 4.27. The van der Waals surface area contributed by atoms with Gasteiger partial charge in [0.1, 0.15) is 0 Å². The van der Waals surface area contributed by atoms with Crippen LogP contribution in [0.2, 0.25) is 0 Å². The second-order valence-corrected chi connectivity index (χ2v) is 5.70. The molecule has 3 nitrogen and oxygen atoms in total. The molecule has 3 heteroatoms. The molecule has 2 heterocycles. The van der Waals surface area contributed by atoms with Crippen LogP contribution >= 0.6 is 0 Å². The van der Waals surface area contributed by atoms with Gasteiger partial charge in [0.2, 0.25) is 5.91 Å². The van der Waals surface area contributed by atoms with E-state index >= 15 is 0 Å². The molecule has 2 rings (SSSR count). The van der Waals surface area contributed by atoms with Crippen LogP contribution in [0.1, 0.15) is 52.9 Å². The number of nitrogens with zero attached hydrogens (tertiary/aromatic N) is 1. The molecular weight excluding hydrogens is 200 g/mol. The number of rotatable bonds is 1. The van der Waals surface area contributed by atoms with E-state index < -0.39 is 0 Å². The van der Waals surface area contributed by atoms with Gasteiger partial charge in [0.25, 0.3) is 0 Å². The summed E-state index contributed by atoms with van der Waals surface area (Å²) in [5, 5.41) is 3.38. The molecule has 2 fully saturated rings. The lowest BCUT2D eigenvalue weighted by Crippen LogP contribution is -2.58. The van der Waals surface area contributed by atoms with Gasteiger partial charge in [-0.3, -0.25) is 4.79 Å². The van der Waals surface area contributed by atoms with Crippen molar-refractivity contribution >= 4 is 5.91 Å². The van der Waals surface area contributed by atoms with Gasteiger partial charge in [0.15, 0.2) is 0 Å². The molecule has 0 aliphatic carbocycles. The monoisotopic (exact) mass is 224 g/mol. The molecular formula is C13H24N2O. The Morgan fingerprint density at radius 2 is 1.88 bits per heavy atom. The van der Waals surface area contributed by atoms with Crippen LogP contribution in [0.3, 0.4) is 0 Å². The summed E-state index contributed by atoms with van der Waals surface area (Å²) in [6, 6.07) is 0.825. The summed E-state index contributed by atoms with van der Waals surface area (Å²) >= 11 is 0. The molecule has 2 aliphatic heterocycles. The molecule has 0 aromatic heterocycles. The van der Waals surface area contributed by atoms with Gasteiger partial charge in [-0.2, -0.15) is 0 Å². The van der Waals surface area contributed by atoms with E-state index in [0.29, 0.717) is 18.0 Å². The molecule has 1 amide bonds. The zero-order chi connectivity index (χ0) is 11.8. The average molecular weight is 224 g/mol.